The number of benzene rings is 1. The summed E-state index contributed by atoms with van der Waals surface area (Å²) in [7, 11) is 0. The van der Waals surface area contributed by atoms with Gasteiger partial charge in [0.25, 0.3) is 0 Å². The van der Waals surface area contributed by atoms with E-state index in [0.29, 0.717) is 6.61 Å². The highest BCUT2D eigenvalue weighted by atomic mass is 16.5. The third-order valence-corrected chi connectivity index (χ3v) is 2.93. The van der Waals surface area contributed by atoms with Gasteiger partial charge in [-0.05, 0) is 12.1 Å². The Hall–Kier alpha value is -1.59. The van der Waals surface area contributed by atoms with Crippen molar-refractivity contribution in [3.05, 3.63) is 24.3 Å². The second-order valence-electron chi connectivity index (χ2n) is 4.51. The van der Waals surface area contributed by atoms with Crippen LogP contribution in [0.5, 0.6) is 5.75 Å². The van der Waals surface area contributed by atoms with Gasteiger partial charge in [-0.15, -0.1) is 0 Å². The Labute approximate surface area is 113 Å². The molecule has 1 heterocycles. The molecule has 0 saturated carbocycles. The van der Waals surface area contributed by atoms with Crippen LogP contribution < -0.4 is 10.1 Å². The molecule has 0 unspecified atom stereocenters. The lowest BCUT2D eigenvalue weighted by molar-refractivity contribution is -0.114. The molecule has 0 spiro atoms. The number of carbonyl (C=O) groups excluding carboxylic acids is 1. The van der Waals surface area contributed by atoms with E-state index in [9.17, 15) is 4.79 Å². The molecule has 0 atom stereocenters. The minimum absolute atomic E-state index is 0.0783. The van der Waals surface area contributed by atoms with Crippen molar-refractivity contribution in [2.45, 2.75) is 6.92 Å². The molecule has 1 aromatic rings. The molecule has 19 heavy (non-hydrogen) atoms. The fraction of sp³-hybridized carbons (Fsp3) is 0.500. The van der Waals surface area contributed by atoms with E-state index in [1.54, 1.807) is 0 Å². The normalized spacial score (nSPS) is 16.1. The van der Waals surface area contributed by atoms with Gasteiger partial charge in [-0.2, -0.15) is 0 Å². The van der Waals surface area contributed by atoms with Crippen LogP contribution in [0.4, 0.5) is 5.69 Å². The van der Waals surface area contributed by atoms with Gasteiger partial charge in [-0.3, -0.25) is 9.69 Å². The summed E-state index contributed by atoms with van der Waals surface area (Å²) in [4.78, 5) is 13.3. The molecule has 5 heteroatoms. The van der Waals surface area contributed by atoms with Crippen LogP contribution in [0.3, 0.4) is 0 Å². The lowest BCUT2D eigenvalue weighted by atomic mass is 10.3. The molecule has 0 aliphatic carbocycles. The predicted molar refractivity (Wildman–Crippen MR) is 73.5 cm³/mol. The molecular weight excluding hydrogens is 244 g/mol. The number of hydrogen-bond acceptors (Lipinski definition) is 4. The van der Waals surface area contributed by atoms with Crippen LogP contribution in [-0.4, -0.2) is 50.3 Å². The standard InChI is InChI=1S/C14H20N2O3/c1-12(17)15-13-3-2-4-14(11-13)19-10-7-16-5-8-18-9-6-16/h2-4,11H,5-10H2,1H3,(H,15,17). The quantitative estimate of drug-likeness (QED) is 0.872. The fourth-order valence-electron chi connectivity index (χ4n) is 1.98. The van der Waals surface area contributed by atoms with E-state index >= 15 is 0 Å². The lowest BCUT2D eigenvalue weighted by Gasteiger charge is -2.26. The number of carbonyl (C=O) groups is 1. The summed E-state index contributed by atoms with van der Waals surface area (Å²) in [6.45, 7) is 6.57. The van der Waals surface area contributed by atoms with Crippen molar-refractivity contribution in [2.24, 2.45) is 0 Å². The van der Waals surface area contributed by atoms with Crippen LogP contribution in [-0.2, 0) is 9.53 Å². The van der Waals surface area contributed by atoms with Gasteiger partial charge in [-0.1, -0.05) is 6.07 Å². The molecule has 0 aromatic heterocycles. The van der Waals surface area contributed by atoms with E-state index in [1.165, 1.54) is 6.92 Å². The molecule has 1 aliphatic rings. The summed E-state index contributed by atoms with van der Waals surface area (Å²) in [5, 5.41) is 2.74. The maximum absolute atomic E-state index is 11.0. The predicted octanol–water partition coefficient (Wildman–Crippen LogP) is 1.36. The summed E-state index contributed by atoms with van der Waals surface area (Å²) in [6.07, 6.45) is 0. The second kappa shape index (κ2) is 7.11. The molecule has 1 saturated heterocycles. The van der Waals surface area contributed by atoms with Crippen molar-refractivity contribution in [3.8, 4) is 5.75 Å². The van der Waals surface area contributed by atoms with Gasteiger partial charge in [0.2, 0.25) is 5.91 Å². The van der Waals surface area contributed by atoms with E-state index in [2.05, 4.69) is 10.2 Å². The molecule has 1 amide bonds. The molecule has 5 nitrogen and oxygen atoms in total. The highest BCUT2D eigenvalue weighted by Gasteiger charge is 2.09. The van der Waals surface area contributed by atoms with Crippen LogP contribution in [0.2, 0.25) is 0 Å². The molecule has 0 bridgehead atoms. The number of nitrogens with zero attached hydrogens (tertiary/aromatic N) is 1. The first-order valence-electron chi connectivity index (χ1n) is 6.54. The Kier molecular flexibility index (Phi) is 5.18. The first-order chi connectivity index (χ1) is 9.24. The zero-order chi connectivity index (χ0) is 13.5. The maximum Gasteiger partial charge on any atom is 0.221 e. The van der Waals surface area contributed by atoms with Crippen molar-refractivity contribution >= 4 is 11.6 Å². The summed E-state index contributed by atoms with van der Waals surface area (Å²) < 4.78 is 11.0. The SMILES string of the molecule is CC(=O)Nc1cccc(OCCN2CCOCC2)c1. The minimum Gasteiger partial charge on any atom is -0.492 e. The van der Waals surface area contributed by atoms with Gasteiger partial charge in [-0.25, -0.2) is 0 Å². The Morgan fingerprint density at radius 3 is 2.95 bits per heavy atom. The molecule has 1 aliphatic heterocycles. The summed E-state index contributed by atoms with van der Waals surface area (Å²) in [5.74, 6) is 0.699. The Balaban J connectivity index is 1.77. The molecule has 104 valence electrons. The van der Waals surface area contributed by atoms with Gasteiger partial charge in [0.05, 0.1) is 13.2 Å². The highest BCUT2D eigenvalue weighted by molar-refractivity contribution is 5.88. The van der Waals surface area contributed by atoms with Crippen LogP contribution in [0.25, 0.3) is 0 Å². The van der Waals surface area contributed by atoms with Crippen molar-refractivity contribution < 1.29 is 14.3 Å². The number of hydrogen-bond donors (Lipinski definition) is 1. The average molecular weight is 264 g/mol. The van der Waals surface area contributed by atoms with E-state index in [-0.39, 0.29) is 5.91 Å². The highest BCUT2D eigenvalue weighted by Crippen LogP contribution is 2.17. The topological polar surface area (TPSA) is 50.8 Å². The number of rotatable bonds is 5. The van der Waals surface area contributed by atoms with Gasteiger partial charge in [0, 0.05) is 38.3 Å². The largest absolute Gasteiger partial charge is 0.492 e. The Bertz CT molecular complexity index is 417. The summed E-state index contributed by atoms with van der Waals surface area (Å²) >= 11 is 0. The van der Waals surface area contributed by atoms with Crippen LogP contribution in [0, 0.1) is 0 Å². The zero-order valence-corrected chi connectivity index (χ0v) is 11.2. The molecule has 2 rings (SSSR count). The second-order valence-corrected chi connectivity index (χ2v) is 4.51. The van der Waals surface area contributed by atoms with Crippen LogP contribution in [0.15, 0.2) is 24.3 Å². The zero-order valence-electron chi connectivity index (χ0n) is 11.2. The summed E-state index contributed by atoms with van der Waals surface area (Å²) in [6, 6.07) is 7.44. The first kappa shape index (κ1) is 13.8. The summed E-state index contributed by atoms with van der Waals surface area (Å²) in [5.41, 5.74) is 0.761. The Morgan fingerprint density at radius 2 is 2.21 bits per heavy atom. The van der Waals surface area contributed by atoms with E-state index in [0.717, 1.165) is 44.3 Å². The minimum atomic E-state index is -0.0783. The lowest BCUT2D eigenvalue weighted by Crippen LogP contribution is -2.38. The monoisotopic (exact) mass is 264 g/mol. The Morgan fingerprint density at radius 1 is 1.42 bits per heavy atom. The van der Waals surface area contributed by atoms with Crippen molar-refractivity contribution in [1.29, 1.82) is 0 Å². The van der Waals surface area contributed by atoms with Gasteiger partial charge in [0.1, 0.15) is 12.4 Å². The molecule has 1 fully saturated rings. The number of ether oxygens (including phenoxy) is 2. The maximum atomic E-state index is 11.0. The smallest absolute Gasteiger partial charge is 0.221 e. The number of morpholine rings is 1. The van der Waals surface area contributed by atoms with E-state index in [1.807, 2.05) is 24.3 Å². The molecular formula is C14H20N2O3. The first-order valence-corrected chi connectivity index (χ1v) is 6.54. The molecule has 0 radical (unpaired) electrons. The van der Waals surface area contributed by atoms with Crippen molar-refractivity contribution in [2.75, 3.05) is 44.8 Å². The van der Waals surface area contributed by atoms with Gasteiger partial charge in [0.15, 0.2) is 0 Å². The molecule has 1 N–H and O–H groups in total. The van der Waals surface area contributed by atoms with Gasteiger partial charge >= 0.3 is 0 Å². The van der Waals surface area contributed by atoms with E-state index in [4.69, 9.17) is 9.47 Å². The third-order valence-electron chi connectivity index (χ3n) is 2.93. The van der Waals surface area contributed by atoms with Crippen LogP contribution >= 0.6 is 0 Å². The molecule has 1 aromatic carbocycles. The van der Waals surface area contributed by atoms with E-state index < -0.39 is 0 Å². The van der Waals surface area contributed by atoms with Crippen molar-refractivity contribution in [1.82, 2.24) is 4.90 Å². The third kappa shape index (κ3) is 4.89. The average Bonchev–Trinajstić information content (AvgIpc) is 2.40. The number of amides is 1. The van der Waals surface area contributed by atoms with Crippen LogP contribution in [0.1, 0.15) is 6.92 Å². The number of nitrogens with one attached hydrogen (secondary N) is 1. The fourth-order valence-corrected chi connectivity index (χ4v) is 1.98. The number of anilines is 1. The van der Waals surface area contributed by atoms with Crippen molar-refractivity contribution in [3.63, 3.8) is 0 Å². The van der Waals surface area contributed by atoms with Gasteiger partial charge < -0.3 is 14.8 Å².